The summed E-state index contributed by atoms with van der Waals surface area (Å²) in [5.74, 6) is 0.382. The maximum absolute atomic E-state index is 13.0. The van der Waals surface area contributed by atoms with Crippen molar-refractivity contribution < 1.29 is 13.2 Å². The lowest BCUT2D eigenvalue weighted by atomic mass is 10.0. The van der Waals surface area contributed by atoms with Crippen LogP contribution in [0, 0.1) is 5.92 Å². The number of nitrogens with one attached hydrogen (secondary N) is 1. The smallest absolute Gasteiger partial charge is 0.251 e. The van der Waals surface area contributed by atoms with Crippen molar-refractivity contribution in [1.82, 2.24) is 9.62 Å². The zero-order valence-electron chi connectivity index (χ0n) is 17.0. The van der Waals surface area contributed by atoms with Gasteiger partial charge in [0.05, 0.1) is 4.90 Å². The average molecular weight is 423 g/mol. The second-order valence-corrected chi connectivity index (χ2v) is 9.92. The number of sulfonamides is 1. The van der Waals surface area contributed by atoms with E-state index in [1.54, 1.807) is 28.6 Å². The predicted octanol–water partition coefficient (Wildman–Crippen LogP) is 4.19. The Kier molecular flexibility index (Phi) is 5.88. The molecule has 30 heavy (non-hydrogen) atoms. The number of carbonyl (C=O) groups is 1. The van der Waals surface area contributed by atoms with Crippen molar-refractivity contribution in [2.24, 2.45) is 5.92 Å². The number of nitrogens with zero attached hydrogens (tertiary/aromatic N) is 1. The molecule has 1 amide bonds. The Hall–Kier alpha value is -2.70. The van der Waals surface area contributed by atoms with E-state index >= 15 is 0 Å². The topological polar surface area (TPSA) is 66.5 Å². The van der Waals surface area contributed by atoms with E-state index in [4.69, 9.17) is 0 Å². The SMILES string of the molecule is CC1CCN(S(=O)(=O)c2cccc(CNC(=O)c3ccc4ccccc4c3)c2)CC1. The van der Waals surface area contributed by atoms with E-state index < -0.39 is 10.0 Å². The molecule has 4 rings (SSSR count). The van der Waals surface area contributed by atoms with Gasteiger partial charge in [0.25, 0.3) is 5.91 Å². The molecule has 0 aromatic heterocycles. The Morgan fingerprint density at radius 3 is 2.47 bits per heavy atom. The van der Waals surface area contributed by atoms with Crippen LogP contribution in [0.5, 0.6) is 0 Å². The lowest BCUT2D eigenvalue weighted by molar-refractivity contribution is 0.0951. The third-order valence-corrected chi connectivity index (χ3v) is 7.64. The lowest BCUT2D eigenvalue weighted by Gasteiger charge is -2.29. The van der Waals surface area contributed by atoms with Gasteiger partial charge in [0.15, 0.2) is 0 Å². The normalized spacial score (nSPS) is 15.9. The molecule has 1 aliphatic heterocycles. The summed E-state index contributed by atoms with van der Waals surface area (Å²) in [5, 5.41) is 4.99. The van der Waals surface area contributed by atoms with E-state index in [0.717, 1.165) is 29.2 Å². The standard InChI is InChI=1S/C24H26N2O3S/c1-18-11-13-26(14-12-18)30(28,29)23-8-4-5-19(15-23)17-25-24(27)22-10-9-20-6-2-3-7-21(20)16-22/h2-10,15-16,18H,11-14,17H2,1H3,(H,25,27). The number of hydrogen-bond acceptors (Lipinski definition) is 3. The molecular formula is C24H26N2O3S. The van der Waals surface area contributed by atoms with Crippen LogP contribution in [0.2, 0.25) is 0 Å². The van der Waals surface area contributed by atoms with Gasteiger partial charge in [0, 0.05) is 25.2 Å². The first-order chi connectivity index (χ1) is 14.4. The molecule has 1 N–H and O–H groups in total. The summed E-state index contributed by atoms with van der Waals surface area (Å²) in [6, 6.07) is 20.3. The number of piperidine rings is 1. The molecule has 1 heterocycles. The Balaban J connectivity index is 1.45. The van der Waals surface area contributed by atoms with Crippen LogP contribution >= 0.6 is 0 Å². The Bertz CT molecular complexity index is 1170. The Morgan fingerprint density at radius 2 is 1.70 bits per heavy atom. The minimum absolute atomic E-state index is 0.181. The minimum atomic E-state index is -3.50. The molecule has 0 unspecified atom stereocenters. The largest absolute Gasteiger partial charge is 0.348 e. The van der Waals surface area contributed by atoms with Gasteiger partial charge in [0.2, 0.25) is 10.0 Å². The summed E-state index contributed by atoms with van der Waals surface area (Å²) >= 11 is 0. The quantitative estimate of drug-likeness (QED) is 0.670. The summed E-state index contributed by atoms with van der Waals surface area (Å²) in [6.07, 6.45) is 1.78. The van der Waals surface area contributed by atoms with Crippen LogP contribution < -0.4 is 5.32 Å². The van der Waals surface area contributed by atoms with Crippen molar-refractivity contribution in [1.29, 1.82) is 0 Å². The van der Waals surface area contributed by atoms with Gasteiger partial charge in [0.1, 0.15) is 0 Å². The molecule has 3 aromatic rings. The van der Waals surface area contributed by atoms with Gasteiger partial charge in [-0.3, -0.25) is 4.79 Å². The van der Waals surface area contributed by atoms with Gasteiger partial charge in [-0.1, -0.05) is 49.4 Å². The van der Waals surface area contributed by atoms with Gasteiger partial charge < -0.3 is 5.32 Å². The van der Waals surface area contributed by atoms with E-state index in [1.165, 1.54) is 0 Å². The molecule has 6 heteroatoms. The van der Waals surface area contributed by atoms with Crippen LogP contribution in [0.3, 0.4) is 0 Å². The molecule has 0 saturated carbocycles. The molecule has 1 fully saturated rings. The first-order valence-corrected chi connectivity index (χ1v) is 11.7. The highest BCUT2D eigenvalue weighted by Crippen LogP contribution is 2.24. The Labute approximate surface area is 177 Å². The fraction of sp³-hybridized carbons (Fsp3) is 0.292. The fourth-order valence-electron chi connectivity index (χ4n) is 3.81. The van der Waals surface area contributed by atoms with E-state index in [9.17, 15) is 13.2 Å². The zero-order valence-corrected chi connectivity index (χ0v) is 17.9. The van der Waals surface area contributed by atoms with Crippen LogP contribution in [0.25, 0.3) is 10.8 Å². The number of carbonyl (C=O) groups excluding carboxylic acids is 1. The summed E-state index contributed by atoms with van der Waals surface area (Å²) in [5.41, 5.74) is 1.34. The molecule has 156 valence electrons. The van der Waals surface area contributed by atoms with Gasteiger partial charge in [-0.25, -0.2) is 8.42 Å². The fourth-order valence-corrected chi connectivity index (χ4v) is 5.35. The van der Waals surface area contributed by atoms with Crippen molar-refractivity contribution in [3.05, 3.63) is 77.9 Å². The first kappa shape index (κ1) is 20.6. The van der Waals surface area contributed by atoms with E-state index in [0.29, 0.717) is 24.6 Å². The zero-order chi connectivity index (χ0) is 21.1. The van der Waals surface area contributed by atoms with Crippen LogP contribution in [0.4, 0.5) is 0 Å². The monoisotopic (exact) mass is 422 g/mol. The molecular weight excluding hydrogens is 396 g/mol. The molecule has 0 radical (unpaired) electrons. The molecule has 1 saturated heterocycles. The average Bonchev–Trinajstić information content (AvgIpc) is 2.77. The molecule has 0 aliphatic carbocycles. The van der Waals surface area contributed by atoms with Crippen LogP contribution in [-0.2, 0) is 16.6 Å². The van der Waals surface area contributed by atoms with Gasteiger partial charge >= 0.3 is 0 Å². The van der Waals surface area contributed by atoms with Crippen molar-refractivity contribution in [2.45, 2.75) is 31.2 Å². The highest BCUT2D eigenvalue weighted by molar-refractivity contribution is 7.89. The summed E-state index contributed by atoms with van der Waals surface area (Å²) in [6.45, 7) is 3.55. The summed E-state index contributed by atoms with van der Waals surface area (Å²) in [4.78, 5) is 12.9. The highest BCUT2D eigenvalue weighted by atomic mass is 32.2. The van der Waals surface area contributed by atoms with Crippen LogP contribution in [0.15, 0.2) is 71.6 Å². The summed E-state index contributed by atoms with van der Waals surface area (Å²) in [7, 11) is -3.50. The third-order valence-electron chi connectivity index (χ3n) is 5.74. The van der Waals surface area contributed by atoms with Crippen LogP contribution in [-0.4, -0.2) is 31.7 Å². The Morgan fingerprint density at radius 1 is 0.967 bits per heavy atom. The van der Waals surface area contributed by atoms with Crippen molar-refractivity contribution in [3.63, 3.8) is 0 Å². The van der Waals surface area contributed by atoms with Crippen LogP contribution in [0.1, 0.15) is 35.7 Å². The highest BCUT2D eigenvalue weighted by Gasteiger charge is 2.28. The first-order valence-electron chi connectivity index (χ1n) is 10.3. The second kappa shape index (κ2) is 8.58. The van der Waals surface area contributed by atoms with E-state index in [2.05, 4.69) is 12.2 Å². The van der Waals surface area contributed by atoms with E-state index in [1.807, 2.05) is 42.5 Å². The van der Waals surface area contributed by atoms with Gasteiger partial charge in [-0.2, -0.15) is 4.31 Å². The van der Waals surface area contributed by atoms with Gasteiger partial charge in [-0.15, -0.1) is 0 Å². The molecule has 0 bridgehead atoms. The second-order valence-electron chi connectivity index (χ2n) is 7.98. The maximum Gasteiger partial charge on any atom is 0.251 e. The number of rotatable bonds is 5. The molecule has 1 aliphatic rings. The molecule has 5 nitrogen and oxygen atoms in total. The minimum Gasteiger partial charge on any atom is -0.348 e. The predicted molar refractivity (Wildman–Crippen MR) is 119 cm³/mol. The van der Waals surface area contributed by atoms with Crippen molar-refractivity contribution >= 4 is 26.7 Å². The number of benzene rings is 3. The third kappa shape index (κ3) is 4.40. The van der Waals surface area contributed by atoms with E-state index in [-0.39, 0.29) is 17.3 Å². The number of amides is 1. The summed E-state index contributed by atoms with van der Waals surface area (Å²) < 4.78 is 27.5. The lowest BCUT2D eigenvalue weighted by Crippen LogP contribution is -2.37. The van der Waals surface area contributed by atoms with Crippen molar-refractivity contribution in [3.8, 4) is 0 Å². The molecule has 3 aromatic carbocycles. The molecule has 0 atom stereocenters. The molecule has 0 spiro atoms. The number of hydrogen-bond donors (Lipinski definition) is 1. The van der Waals surface area contributed by atoms with Gasteiger partial charge in [-0.05, 0) is 59.4 Å². The number of fused-ring (bicyclic) bond motifs is 1. The van der Waals surface area contributed by atoms with Crippen molar-refractivity contribution in [2.75, 3.05) is 13.1 Å². The maximum atomic E-state index is 13.0.